The lowest BCUT2D eigenvalue weighted by molar-refractivity contribution is 0.0719. The average molecular weight is 280 g/mol. The molecule has 0 aliphatic carbocycles. The summed E-state index contributed by atoms with van der Waals surface area (Å²) < 4.78 is 5.19. The van der Waals surface area contributed by atoms with Gasteiger partial charge >= 0.3 is 0 Å². The van der Waals surface area contributed by atoms with Crippen LogP contribution in [0, 0.1) is 5.41 Å². The molecule has 2 rings (SSSR count). The molecule has 0 radical (unpaired) electrons. The maximum Gasteiger partial charge on any atom is 0.276 e. The second-order valence-corrected chi connectivity index (χ2v) is 6.15. The Bertz CT molecular complexity index is 469. The first-order valence-corrected chi connectivity index (χ1v) is 7.38. The predicted octanol–water partition coefficient (Wildman–Crippen LogP) is 2.42. The van der Waals surface area contributed by atoms with Gasteiger partial charge in [0.15, 0.2) is 5.69 Å². The summed E-state index contributed by atoms with van der Waals surface area (Å²) in [5, 5.41) is 13.5. The summed E-state index contributed by atoms with van der Waals surface area (Å²) >= 11 is 0. The molecule has 1 aromatic heterocycles. The van der Waals surface area contributed by atoms with E-state index >= 15 is 0 Å². The lowest BCUT2D eigenvalue weighted by atomic mass is 9.83. The first-order chi connectivity index (χ1) is 9.51. The van der Waals surface area contributed by atoms with Crippen LogP contribution in [-0.2, 0) is 0 Å². The standard InChI is InChI=1S/C15H24N2O3/c1-4-5-15(10-18)6-7-17(9-15)14(19)12-8-13(11(2)3)20-16-12/h8,11,18H,4-7,9-10H2,1-3H3. The normalized spacial score (nSPS) is 22.8. The van der Waals surface area contributed by atoms with E-state index in [4.69, 9.17) is 4.52 Å². The van der Waals surface area contributed by atoms with Crippen LogP contribution >= 0.6 is 0 Å². The van der Waals surface area contributed by atoms with Crippen molar-refractivity contribution in [2.24, 2.45) is 5.41 Å². The maximum absolute atomic E-state index is 12.4. The summed E-state index contributed by atoms with van der Waals surface area (Å²) in [7, 11) is 0. The minimum atomic E-state index is -0.130. The van der Waals surface area contributed by atoms with E-state index in [1.54, 1.807) is 11.0 Å². The van der Waals surface area contributed by atoms with Crippen LogP contribution < -0.4 is 0 Å². The van der Waals surface area contributed by atoms with Gasteiger partial charge in [0.1, 0.15) is 5.76 Å². The lowest BCUT2D eigenvalue weighted by Crippen LogP contribution is -2.34. The lowest BCUT2D eigenvalue weighted by Gasteiger charge is -2.26. The van der Waals surface area contributed by atoms with Gasteiger partial charge in [-0.3, -0.25) is 4.79 Å². The van der Waals surface area contributed by atoms with Gasteiger partial charge in [-0.05, 0) is 12.8 Å². The first-order valence-electron chi connectivity index (χ1n) is 7.38. The number of hydrogen-bond donors (Lipinski definition) is 1. The van der Waals surface area contributed by atoms with E-state index in [2.05, 4.69) is 12.1 Å². The van der Waals surface area contributed by atoms with Crippen LogP contribution in [0.4, 0.5) is 0 Å². The van der Waals surface area contributed by atoms with E-state index in [-0.39, 0.29) is 23.8 Å². The third kappa shape index (κ3) is 2.87. The van der Waals surface area contributed by atoms with E-state index < -0.39 is 0 Å². The minimum Gasteiger partial charge on any atom is -0.396 e. The Labute approximate surface area is 119 Å². The van der Waals surface area contributed by atoms with Crippen molar-refractivity contribution in [3.8, 4) is 0 Å². The SMILES string of the molecule is CCCC1(CO)CCN(C(=O)c2cc(C(C)C)on2)C1. The fraction of sp³-hybridized carbons (Fsp3) is 0.733. The highest BCUT2D eigenvalue weighted by Gasteiger charge is 2.39. The van der Waals surface area contributed by atoms with Gasteiger partial charge in [-0.2, -0.15) is 0 Å². The van der Waals surface area contributed by atoms with Crippen LogP contribution in [-0.4, -0.2) is 40.8 Å². The number of nitrogens with zero attached hydrogens (tertiary/aromatic N) is 2. The quantitative estimate of drug-likeness (QED) is 0.899. The smallest absolute Gasteiger partial charge is 0.276 e. The van der Waals surface area contributed by atoms with Crippen LogP contribution in [0.2, 0.25) is 0 Å². The molecule has 2 heterocycles. The van der Waals surface area contributed by atoms with Crippen LogP contribution in [0.5, 0.6) is 0 Å². The van der Waals surface area contributed by atoms with E-state index in [0.717, 1.165) is 25.0 Å². The van der Waals surface area contributed by atoms with Crippen molar-refractivity contribution in [2.75, 3.05) is 19.7 Å². The zero-order valence-electron chi connectivity index (χ0n) is 12.6. The van der Waals surface area contributed by atoms with Gasteiger partial charge in [0, 0.05) is 30.5 Å². The summed E-state index contributed by atoms with van der Waals surface area (Å²) in [6, 6.07) is 1.73. The Balaban J connectivity index is 2.07. The average Bonchev–Trinajstić information content (AvgIpc) is 3.06. The van der Waals surface area contributed by atoms with Gasteiger partial charge in [-0.1, -0.05) is 32.3 Å². The molecule has 0 bridgehead atoms. The van der Waals surface area contributed by atoms with Crippen molar-refractivity contribution in [3.05, 3.63) is 17.5 Å². The van der Waals surface area contributed by atoms with Crippen molar-refractivity contribution >= 4 is 5.91 Å². The van der Waals surface area contributed by atoms with Gasteiger partial charge in [0.05, 0.1) is 6.61 Å². The molecular formula is C15H24N2O3. The molecule has 0 spiro atoms. The third-order valence-corrected chi connectivity index (χ3v) is 4.16. The number of hydrogen-bond acceptors (Lipinski definition) is 4. The van der Waals surface area contributed by atoms with Crippen molar-refractivity contribution in [3.63, 3.8) is 0 Å². The highest BCUT2D eigenvalue weighted by molar-refractivity contribution is 5.92. The van der Waals surface area contributed by atoms with Crippen molar-refractivity contribution in [2.45, 2.75) is 46.0 Å². The summed E-state index contributed by atoms with van der Waals surface area (Å²) in [6.07, 6.45) is 2.82. The molecule has 1 saturated heterocycles. The second-order valence-electron chi connectivity index (χ2n) is 6.15. The van der Waals surface area contributed by atoms with Gasteiger partial charge in [-0.25, -0.2) is 0 Å². The Morgan fingerprint density at radius 2 is 2.35 bits per heavy atom. The van der Waals surface area contributed by atoms with E-state index in [1.807, 2.05) is 13.8 Å². The Morgan fingerprint density at radius 1 is 1.60 bits per heavy atom. The summed E-state index contributed by atoms with van der Waals surface area (Å²) in [5.74, 6) is 0.862. The Morgan fingerprint density at radius 3 is 2.90 bits per heavy atom. The zero-order chi connectivity index (χ0) is 14.8. The van der Waals surface area contributed by atoms with Gasteiger partial charge in [0.25, 0.3) is 5.91 Å². The van der Waals surface area contributed by atoms with Crippen LogP contribution in [0.25, 0.3) is 0 Å². The monoisotopic (exact) mass is 280 g/mol. The highest BCUT2D eigenvalue weighted by Crippen LogP contribution is 2.35. The molecule has 112 valence electrons. The Kier molecular flexibility index (Phi) is 4.48. The van der Waals surface area contributed by atoms with Crippen LogP contribution in [0.1, 0.15) is 62.2 Å². The number of aliphatic hydroxyl groups is 1. The van der Waals surface area contributed by atoms with Crippen molar-refractivity contribution < 1.29 is 14.4 Å². The van der Waals surface area contributed by atoms with Gasteiger partial charge in [0.2, 0.25) is 0 Å². The van der Waals surface area contributed by atoms with E-state index in [1.165, 1.54) is 0 Å². The largest absolute Gasteiger partial charge is 0.396 e. The van der Waals surface area contributed by atoms with Crippen LogP contribution in [0.3, 0.4) is 0 Å². The fourth-order valence-corrected chi connectivity index (χ4v) is 2.88. The maximum atomic E-state index is 12.4. The molecule has 1 fully saturated rings. The molecule has 5 heteroatoms. The zero-order valence-corrected chi connectivity index (χ0v) is 12.6. The molecule has 5 nitrogen and oxygen atoms in total. The molecule has 1 N–H and O–H groups in total. The fourth-order valence-electron chi connectivity index (χ4n) is 2.88. The second kappa shape index (κ2) is 5.95. The summed E-state index contributed by atoms with van der Waals surface area (Å²) in [5.41, 5.74) is 0.244. The molecule has 20 heavy (non-hydrogen) atoms. The molecule has 1 aliphatic heterocycles. The minimum absolute atomic E-state index is 0.0907. The van der Waals surface area contributed by atoms with E-state index in [0.29, 0.717) is 18.8 Å². The highest BCUT2D eigenvalue weighted by atomic mass is 16.5. The first kappa shape index (κ1) is 15.0. The molecule has 1 aliphatic rings. The number of likely N-dealkylation sites (tertiary alicyclic amines) is 1. The number of amides is 1. The topological polar surface area (TPSA) is 66.6 Å². The molecule has 1 unspecified atom stereocenters. The number of carbonyl (C=O) groups excluding carboxylic acids is 1. The van der Waals surface area contributed by atoms with Crippen molar-refractivity contribution in [1.82, 2.24) is 10.1 Å². The number of rotatable bonds is 5. The van der Waals surface area contributed by atoms with Gasteiger partial charge < -0.3 is 14.5 Å². The molecular weight excluding hydrogens is 256 g/mol. The van der Waals surface area contributed by atoms with Crippen LogP contribution in [0.15, 0.2) is 10.6 Å². The van der Waals surface area contributed by atoms with E-state index in [9.17, 15) is 9.90 Å². The number of carbonyl (C=O) groups is 1. The van der Waals surface area contributed by atoms with Crippen molar-refractivity contribution in [1.29, 1.82) is 0 Å². The number of aliphatic hydroxyl groups excluding tert-OH is 1. The molecule has 1 aromatic rings. The van der Waals surface area contributed by atoms with Gasteiger partial charge in [-0.15, -0.1) is 0 Å². The predicted molar refractivity (Wildman–Crippen MR) is 75.5 cm³/mol. The molecule has 0 aromatic carbocycles. The molecule has 0 saturated carbocycles. The summed E-state index contributed by atoms with van der Waals surface area (Å²) in [4.78, 5) is 14.2. The summed E-state index contributed by atoms with van der Waals surface area (Å²) in [6.45, 7) is 7.55. The number of aromatic nitrogens is 1. The Hall–Kier alpha value is -1.36. The molecule has 1 amide bonds. The molecule has 1 atom stereocenters. The third-order valence-electron chi connectivity index (χ3n) is 4.16.